The van der Waals surface area contributed by atoms with Crippen LogP contribution in [0.5, 0.6) is 0 Å². The highest BCUT2D eigenvalue weighted by Crippen LogP contribution is 2.20. The fourth-order valence-electron chi connectivity index (χ4n) is 2.77. The maximum atomic E-state index is 4.51. The number of rotatable bonds is 4. The van der Waals surface area contributed by atoms with Gasteiger partial charge in [0, 0.05) is 18.4 Å². The molecule has 1 aliphatic rings. The summed E-state index contributed by atoms with van der Waals surface area (Å²) in [5, 5.41) is 10.9. The molecule has 0 radical (unpaired) electrons. The van der Waals surface area contributed by atoms with Crippen molar-refractivity contribution >= 4 is 11.5 Å². The lowest BCUT2D eigenvalue weighted by Gasteiger charge is -2.17. The van der Waals surface area contributed by atoms with Gasteiger partial charge in [-0.05, 0) is 47.9 Å². The van der Waals surface area contributed by atoms with Gasteiger partial charge in [-0.3, -0.25) is 0 Å². The van der Waals surface area contributed by atoms with Crippen LogP contribution in [0.1, 0.15) is 16.7 Å². The van der Waals surface area contributed by atoms with Crippen LogP contribution < -0.4 is 10.6 Å². The first-order valence-electron chi connectivity index (χ1n) is 7.74. The van der Waals surface area contributed by atoms with Crippen molar-refractivity contribution in [3.05, 3.63) is 65.9 Å². The molecule has 6 heteroatoms. The van der Waals surface area contributed by atoms with Gasteiger partial charge in [-0.2, -0.15) is 5.10 Å². The van der Waals surface area contributed by atoms with Crippen LogP contribution in [0.2, 0.25) is 0 Å². The molecular formula is C17H18N6. The van der Waals surface area contributed by atoms with Crippen molar-refractivity contribution in [1.82, 2.24) is 25.1 Å². The topological polar surface area (TPSA) is 67.7 Å². The van der Waals surface area contributed by atoms with Crippen molar-refractivity contribution in [1.29, 1.82) is 0 Å². The lowest BCUT2D eigenvalue weighted by molar-refractivity contribution is 0.641. The summed E-state index contributed by atoms with van der Waals surface area (Å²) in [5.41, 5.74) is 4.89. The number of hydrogen-bond donors (Lipinski definition) is 2. The molecular weight excluding hydrogens is 288 g/mol. The van der Waals surface area contributed by atoms with Crippen LogP contribution in [0.15, 0.2) is 49.2 Å². The van der Waals surface area contributed by atoms with E-state index in [1.54, 1.807) is 17.3 Å². The van der Waals surface area contributed by atoms with Gasteiger partial charge in [0.05, 0.1) is 6.54 Å². The average Bonchev–Trinajstić information content (AvgIpc) is 3.10. The average molecular weight is 306 g/mol. The first kappa shape index (κ1) is 13.9. The van der Waals surface area contributed by atoms with E-state index in [0.717, 1.165) is 37.6 Å². The zero-order valence-electron chi connectivity index (χ0n) is 12.7. The molecule has 0 saturated carbocycles. The summed E-state index contributed by atoms with van der Waals surface area (Å²) in [6.45, 7) is 2.68. The van der Waals surface area contributed by atoms with Crippen LogP contribution in [0, 0.1) is 0 Å². The molecule has 2 aromatic heterocycles. The van der Waals surface area contributed by atoms with Crippen LogP contribution in [0.3, 0.4) is 0 Å². The third-order valence-electron chi connectivity index (χ3n) is 4.01. The third-order valence-corrected chi connectivity index (χ3v) is 4.01. The van der Waals surface area contributed by atoms with Gasteiger partial charge in [0.25, 0.3) is 0 Å². The van der Waals surface area contributed by atoms with Crippen molar-refractivity contribution < 1.29 is 0 Å². The molecule has 3 aromatic rings. The lowest BCUT2D eigenvalue weighted by atomic mass is 10.0. The Morgan fingerprint density at radius 2 is 2.09 bits per heavy atom. The molecule has 3 heterocycles. The highest BCUT2D eigenvalue weighted by molar-refractivity contribution is 5.57. The summed E-state index contributed by atoms with van der Waals surface area (Å²) in [6.07, 6.45) is 6.31. The number of nitrogens with one attached hydrogen (secondary N) is 2. The van der Waals surface area contributed by atoms with Gasteiger partial charge in [0.1, 0.15) is 18.5 Å². The Kier molecular flexibility index (Phi) is 3.73. The number of fused-ring (bicyclic) bond motifs is 1. The lowest BCUT2D eigenvalue weighted by Crippen LogP contribution is -2.23. The van der Waals surface area contributed by atoms with E-state index in [0.29, 0.717) is 0 Å². The standard InChI is InChI=1S/C17H18N6/c1-3-16(4-2-13(1)10-23-12-19-11-21-23)22-17-7-15-8-18-6-5-14(15)9-20-17/h1-4,7,9,11-12,18H,5-6,8,10H2,(H,20,22). The molecule has 6 nitrogen and oxygen atoms in total. The molecule has 0 fully saturated rings. The van der Waals surface area contributed by atoms with Gasteiger partial charge in [0.2, 0.25) is 0 Å². The van der Waals surface area contributed by atoms with E-state index in [1.807, 2.05) is 6.20 Å². The SMILES string of the molecule is c1ncn(Cc2ccc(Nc3cc4c(cn3)CCNC4)cc2)n1. The van der Waals surface area contributed by atoms with Crippen molar-refractivity contribution in [2.45, 2.75) is 19.5 Å². The largest absolute Gasteiger partial charge is 0.340 e. The molecule has 23 heavy (non-hydrogen) atoms. The minimum atomic E-state index is 0.725. The van der Waals surface area contributed by atoms with E-state index in [1.165, 1.54) is 16.7 Å². The predicted octanol–water partition coefficient (Wildman–Crippen LogP) is 2.11. The Morgan fingerprint density at radius 1 is 1.17 bits per heavy atom. The minimum Gasteiger partial charge on any atom is -0.340 e. The predicted molar refractivity (Wildman–Crippen MR) is 88.5 cm³/mol. The number of aromatic nitrogens is 4. The highest BCUT2D eigenvalue weighted by atomic mass is 15.3. The second kappa shape index (κ2) is 6.18. The third kappa shape index (κ3) is 3.22. The second-order valence-electron chi connectivity index (χ2n) is 5.68. The van der Waals surface area contributed by atoms with E-state index in [-0.39, 0.29) is 0 Å². The Morgan fingerprint density at radius 3 is 2.91 bits per heavy atom. The fraction of sp³-hybridized carbons (Fsp3) is 0.235. The van der Waals surface area contributed by atoms with Gasteiger partial charge in [-0.1, -0.05) is 12.1 Å². The van der Waals surface area contributed by atoms with Gasteiger partial charge >= 0.3 is 0 Å². The first-order chi connectivity index (χ1) is 11.4. The van der Waals surface area contributed by atoms with E-state index < -0.39 is 0 Å². The highest BCUT2D eigenvalue weighted by Gasteiger charge is 2.09. The maximum Gasteiger partial charge on any atom is 0.137 e. The van der Waals surface area contributed by atoms with Gasteiger partial charge in [-0.15, -0.1) is 0 Å². The molecule has 0 unspecified atom stereocenters. The van der Waals surface area contributed by atoms with Crippen LogP contribution >= 0.6 is 0 Å². The summed E-state index contributed by atoms with van der Waals surface area (Å²) in [4.78, 5) is 8.46. The zero-order chi connectivity index (χ0) is 15.5. The Hall–Kier alpha value is -2.73. The number of benzene rings is 1. The van der Waals surface area contributed by atoms with E-state index in [9.17, 15) is 0 Å². The Labute approximate surface area is 134 Å². The molecule has 1 aromatic carbocycles. The fourth-order valence-corrected chi connectivity index (χ4v) is 2.77. The molecule has 1 aliphatic heterocycles. The summed E-state index contributed by atoms with van der Waals surface area (Å²) in [7, 11) is 0. The normalized spacial score (nSPS) is 13.6. The maximum absolute atomic E-state index is 4.51. The molecule has 2 N–H and O–H groups in total. The number of pyridine rings is 1. The van der Waals surface area contributed by atoms with Crippen molar-refractivity contribution in [2.24, 2.45) is 0 Å². The molecule has 0 amide bonds. The van der Waals surface area contributed by atoms with Crippen molar-refractivity contribution in [3.63, 3.8) is 0 Å². The smallest absolute Gasteiger partial charge is 0.137 e. The van der Waals surface area contributed by atoms with E-state index in [2.05, 4.69) is 56.0 Å². The van der Waals surface area contributed by atoms with Crippen molar-refractivity contribution in [2.75, 3.05) is 11.9 Å². The number of hydrogen-bond acceptors (Lipinski definition) is 5. The van der Waals surface area contributed by atoms with E-state index in [4.69, 9.17) is 0 Å². The summed E-state index contributed by atoms with van der Waals surface area (Å²) in [5.74, 6) is 0.886. The molecule has 0 atom stereocenters. The number of nitrogens with zero attached hydrogens (tertiary/aromatic N) is 4. The van der Waals surface area contributed by atoms with Crippen molar-refractivity contribution in [3.8, 4) is 0 Å². The monoisotopic (exact) mass is 306 g/mol. The molecule has 4 rings (SSSR count). The first-order valence-corrected chi connectivity index (χ1v) is 7.74. The minimum absolute atomic E-state index is 0.725. The molecule has 116 valence electrons. The van der Waals surface area contributed by atoms with Crippen LogP contribution in [-0.2, 0) is 19.5 Å². The molecule has 0 spiro atoms. The zero-order valence-corrected chi connectivity index (χ0v) is 12.7. The quantitative estimate of drug-likeness (QED) is 0.773. The summed E-state index contributed by atoms with van der Waals surface area (Å²) in [6, 6.07) is 10.4. The van der Waals surface area contributed by atoms with Gasteiger partial charge < -0.3 is 10.6 Å². The van der Waals surface area contributed by atoms with Crippen LogP contribution in [0.4, 0.5) is 11.5 Å². The molecule has 0 saturated heterocycles. The molecule has 0 aliphatic carbocycles. The van der Waals surface area contributed by atoms with Crippen LogP contribution in [-0.4, -0.2) is 26.3 Å². The number of anilines is 2. The summed E-state index contributed by atoms with van der Waals surface area (Å²) < 4.78 is 1.81. The Balaban J connectivity index is 1.46. The van der Waals surface area contributed by atoms with E-state index >= 15 is 0 Å². The van der Waals surface area contributed by atoms with Gasteiger partial charge in [0.15, 0.2) is 0 Å². The van der Waals surface area contributed by atoms with Crippen LogP contribution in [0.25, 0.3) is 0 Å². The molecule has 0 bridgehead atoms. The summed E-state index contributed by atoms with van der Waals surface area (Å²) >= 11 is 0. The Bertz CT molecular complexity index is 779. The second-order valence-corrected chi connectivity index (χ2v) is 5.68. The van der Waals surface area contributed by atoms with Gasteiger partial charge in [-0.25, -0.2) is 14.6 Å².